The van der Waals surface area contributed by atoms with Crippen LogP contribution in [0.25, 0.3) is 0 Å². The molecule has 22 heavy (non-hydrogen) atoms. The maximum Gasteiger partial charge on any atom is 0.231 e. The zero-order valence-corrected chi connectivity index (χ0v) is 14.3. The SMILES string of the molecule is Cc1ccc(NC(=O)[C@]23CC[C@](C)(C(O)C2)C3(C)C)cc1C. The molecule has 3 rings (SSSR count). The summed E-state index contributed by atoms with van der Waals surface area (Å²) in [6.45, 7) is 10.6. The number of anilines is 1. The Morgan fingerprint density at radius 1 is 1.18 bits per heavy atom. The Morgan fingerprint density at radius 3 is 2.36 bits per heavy atom. The number of aliphatic hydroxyl groups excluding tert-OH is 1. The summed E-state index contributed by atoms with van der Waals surface area (Å²) in [4.78, 5) is 13.1. The Kier molecular flexibility index (Phi) is 3.23. The number of aryl methyl sites for hydroxylation is 2. The number of rotatable bonds is 2. The third kappa shape index (κ3) is 1.75. The molecule has 2 aliphatic carbocycles. The largest absolute Gasteiger partial charge is 0.393 e. The van der Waals surface area contributed by atoms with Crippen LogP contribution in [0.4, 0.5) is 5.69 Å². The second-order valence-corrected chi connectivity index (χ2v) is 8.10. The van der Waals surface area contributed by atoms with E-state index in [4.69, 9.17) is 0 Å². The molecule has 1 aromatic carbocycles. The van der Waals surface area contributed by atoms with Gasteiger partial charge in [-0.15, -0.1) is 0 Å². The number of aliphatic hydroxyl groups is 1. The number of carbonyl (C=O) groups excluding carboxylic acids is 1. The number of carbonyl (C=O) groups is 1. The number of hydrogen-bond donors (Lipinski definition) is 2. The summed E-state index contributed by atoms with van der Waals surface area (Å²) in [5.74, 6) is 0.0704. The third-order valence-electron chi connectivity index (χ3n) is 7.17. The molecule has 2 bridgehead atoms. The second kappa shape index (κ2) is 4.58. The third-order valence-corrected chi connectivity index (χ3v) is 7.17. The highest BCUT2D eigenvalue weighted by Crippen LogP contribution is 2.72. The van der Waals surface area contributed by atoms with Gasteiger partial charge in [-0.3, -0.25) is 4.79 Å². The van der Waals surface area contributed by atoms with Crippen LogP contribution in [0.1, 0.15) is 51.2 Å². The van der Waals surface area contributed by atoms with E-state index in [0.717, 1.165) is 18.5 Å². The quantitative estimate of drug-likeness (QED) is 0.872. The zero-order chi connectivity index (χ0) is 16.3. The highest BCUT2D eigenvalue weighted by molar-refractivity contribution is 5.97. The smallest absolute Gasteiger partial charge is 0.231 e. The molecule has 3 heteroatoms. The molecule has 0 aromatic heterocycles. The molecular formula is C19H27NO2. The summed E-state index contributed by atoms with van der Waals surface area (Å²) in [5.41, 5.74) is 2.45. The lowest BCUT2D eigenvalue weighted by Crippen LogP contribution is -2.43. The summed E-state index contributed by atoms with van der Waals surface area (Å²) in [6, 6.07) is 6.02. The molecule has 0 aliphatic heterocycles. The predicted molar refractivity (Wildman–Crippen MR) is 88.7 cm³/mol. The Balaban J connectivity index is 1.91. The molecule has 0 heterocycles. The summed E-state index contributed by atoms with van der Waals surface area (Å²) in [5, 5.41) is 13.6. The molecule has 3 nitrogen and oxygen atoms in total. The summed E-state index contributed by atoms with van der Waals surface area (Å²) in [6.07, 6.45) is 1.97. The molecule has 120 valence electrons. The minimum absolute atomic E-state index is 0.0704. The molecule has 2 fully saturated rings. The van der Waals surface area contributed by atoms with Gasteiger partial charge in [-0.2, -0.15) is 0 Å². The Bertz CT molecular complexity index is 636. The molecule has 0 saturated heterocycles. The standard InChI is InChI=1S/C19H27NO2/c1-12-6-7-14(10-13(12)2)20-16(22)19-9-8-18(5,15(21)11-19)17(19,3)4/h6-7,10,15,21H,8-9,11H2,1-5H3,(H,20,22)/t15?,18-,19+/m1/s1. The molecule has 3 atom stereocenters. The lowest BCUT2D eigenvalue weighted by atomic mass is 9.64. The highest BCUT2D eigenvalue weighted by atomic mass is 16.3. The first-order valence-corrected chi connectivity index (χ1v) is 8.21. The topological polar surface area (TPSA) is 49.3 Å². The number of hydrogen-bond acceptors (Lipinski definition) is 2. The van der Waals surface area contributed by atoms with Crippen molar-refractivity contribution in [2.45, 2.75) is 60.0 Å². The lowest BCUT2D eigenvalue weighted by Gasteiger charge is -2.40. The van der Waals surface area contributed by atoms with Gasteiger partial charge in [0.05, 0.1) is 11.5 Å². The van der Waals surface area contributed by atoms with Gasteiger partial charge in [-0.05, 0) is 67.2 Å². The highest BCUT2D eigenvalue weighted by Gasteiger charge is 2.72. The van der Waals surface area contributed by atoms with Crippen molar-refractivity contribution in [3.05, 3.63) is 29.3 Å². The number of fused-ring (bicyclic) bond motifs is 2. The maximum absolute atomic E-state index is 13.1. The fourth-order valence-electron chi connectivity index (χ4n) is 4.70. The van der Waals surface area contributed by atoms with E-state index >= 15 is 0 Å². The van der Waals surface area contributed by atoms with Crippen LogP contribution in [0.3, 0.4) is 0 Å². The molecular weight excluding hydrogens is 274 g/mol. The molecule has 0 radical (unpaired) electrons. The van der Waals surface area contributed by atoms with Crippen LogP contribution < -0.4 is 5.32 Å². The number of amides is 1. The van der Waals surface area contributed by atoms with E-state index in [1.54, 1.807) is 0 Å². The van der Waals surface area contributed by atoms with Gasteiger partial charge in [0.15, 0.2) is 0 Å². The van der Waals surface area contributed by atoms with Crippen LogP contribution in [0, 0.1) is 30.1 Å². The van der Waals surface area contributed by atoms with Crippen molar-refractivity contribution in [1.82, 2.24) is 0 Å². The average molecular weight is 301 g/mol. The van der Waals surface area contributed by atoms with Crippen molar-refractivity contribution in [3.8, 4) is 0 Å². The minimum atomic E-state index is -0.458. The molecule has 0 spiro atoms. The predicted octanol–water partition coefficient (Wildman–Crippen LogP) is 3.82. The molecule has 1 aromatic rings. The Labute approximate surface area is 133 Å². The average Bonchev–Trinajstić information content (AvgIpc) is 2.73. The number of nitrogens with one attached hydrogen (secondary N) is 1. The van der Waals surface area contributed by atoms with Crippen molar-refractivity contribution < 1.29 is 9.90 Å². The van der Waals surface area contributed by atoms with Crippen LogP contribution in [-0.4, -0.2) is 17.1 Å². The van der Waals surface area contributed by atoms with Gasteiger partial charge >= 0.3 is 0 Å². The Hall–Kier alpha value is -1.35. The summed E-state index contributed by atoms with van der Waals surface area (Å²) in [7, 11) is 0. The van der Waals surface area contributed by atoms with Gasteiger partial charge < -0.3 is 10.4 Å². The van der Waals surface area contributed by atoms with Crippen LogP contribution in [-0.2, 0) is 4.79 Å². The van der Waals surface area contributed by atoms with Crippen molar-refractivity contribution in [2.24, 2.45) is 16.2 Å². The van der Waals surface area contributed by atoms with E-state index in [1.807, 2.05) is 18.2 Å². The van der Waals surface area contributed by atoms with Crippen LogP contribution >= 0.6 is 0 Å². The molecule has 1 amide bonds. The van der Waals surface area contributed by atoms with Crippen molar-refractivity contribution in [2.75, 3.05) is 5.32 Å². The van der Waals surface area contributed by atoms with E-state index in [1.165, 1.54) is 11.1 Å². The first kappa shape index (κ1) is 15.5. The van der Waals surface area contributed by atoms with E-state index in [0.29, 0.717) is 6.42 Å². The zero-order valence-electron chi connectivity index (χ0n) is 14.3. The van der Waals surface area contributed by atoms with Gasteiger partial charge in [-0.25, -0.2) is 0 Å². The van der Waals surface area contributed by atoms with E-state index in [-0.39, 0.29) is 22.8 Å². The number of benzene rings is 1. The van der Waals surface area contributed by atoms with E-state index < -0.39 is 5.41 Å². The minimum Gasteiger partial charge on any atom is -0.393 e. The fraction of sp³-hybridized carbons (Fsp3) is 0.632. The molecule has 2 aliphatic rings. The summed E-state index contributed by atoms with van der Waals surface area (Å²) >= 11 is 0. The second-order valence-electron chi connectivity index (χ2n) is 8.10. The van der Waals surface area contributed by atoms with Crippen LogP contribution in [0.15, 0.2) is 18.2 Å². The lowest BCUT2D eigenvalue weighted by molar-refractivity contribution is -0.130. The Morgan fingerprint density at radius 2 is 1.86 bits per heavy atom. The van der Waals surface area contributed by atoms with Crippen LogP contribution in [0.5, 0.6) is 0 Å². The van der Waals surface area contributed by atoms with Crippen molar-refractivity contribution >= 4 is 11.6 Å². The first-order valence-electron chi connectivity index (χ1n) is 8.21. The first-order chi connectivity index (χ1) is 10.1. The molecule has 2 N–H and O–H groups in total. The maximum atomic E-state index is 13.1. The van der Waals surface area contributed by atoms with Crippen molar-refractivity contribution in [3.63, 3.8) is 0 Å². The van der Waals surface area contributed by atoms with Gasteiger partial charge in [-0.1, -0.05) is 26.8 Å². The summed E-state index contributed by atoms with van der Waals surface area (Å²) < 4.78 is 0. The molecule has 1 unspecified atom stereocenters. The van der Waals surface area contributed by atoms with Gasteiger partial charge in [0.2, 0.25) is 5.91 Å². The monoisotopic (exact) mass is 301 g/mol. The van der Waals surface area contributed by atoms with Crippen LogP contribution in [0.2, 0.25) is 0 Å². The van der Waals surface area contributed by atoms with Gasteiger partial charge in [0, 0.05) is 5.69 Å². The van der Waals surface area contributed by atoms with Gasteiger partial charge in [0.1, 0.15) is 0 Å². The fourth-order valence-corrected chi connectivity index (χ4v) is 4.70. The normalized spacial score (nSPS) is 35.6. The van der Waals surface area contributed by atoms with Crippen molar-refractivity contribution in [1.29, 1.82) is 0 Å². The van der Waals surface area contributed by atoms with E-state index in [9.17, 15) is 9.90 Å². The van der Waals surface area contributed by atoms with Gasteiger partial charge in [0.25, 0.3) is 0 Å². The molecule has 2 saturated carbocycles. The van der Waals surface area contributed by atoms with E-state index in [2.05, 4.69) is 39.9 Å².